The molecule has 0 amide bonds. The lowest BCUT2D eigenvalue weighted by atomic mass is 10.0. The van der Waals surface area contributed by atoms with Gasteiger partial charge in [0.15, 0.2) is 0 Å². The number of nitro benzene ring substituents is 1. The second-order valence-corrected chi connectivity index (χ2v) is 5.36. The molecule has 0 aliphatic carbocycles. The number of furan rings is 1. The molecule has 26 heavy (non-hydrogen) atoms. The average molecular weight is 350 g/mol. The Morgan fingerprint density at radius 3 is 2.38 bits per heavy atom. The molecule has 1 heterocycles. The molecule has 0 spiro atoms. The van der Waals surface area contributed by atoms with Crippen molar-refractivity contribution in [3.8, 4) is 0 Å². The van der Waals surface area contributed by atoms with E-state index in [1.54, 1.807) is 18.2 Å². The minimum absolute atomic E-state index is 0.0104. The maximum atomic E-state index is 11.9. The predicted molar refractivity (Wildman–Crippen MR) is 93.9 cm³/mol. The van der Waals surface area contributed by atoms with Crippen LogP contribution < -0.4 is 0 Å². The van der Waals surface area contributed by atoms with Crippen LogP contribution in [0.3, 0.4) is 0 Å². The van der Waals surface area contributed by atoms with Gasteiger partial charge in [0, 0.05) is 18.6 Å². The molecule has 2 aromatic carbocycles. The number of benzene rings is 2. The van der Waals surface area contributed by atoms with E-state index in [0.717, 1.165) is 11.1 Å². The number of oxime groups is 1. The first kappa shape index (κ1) is 17.1. The van der Waals surface area contributed by atoms with Crippen molar-refractivity contribution in [2.24, 2.45) is 5.16 Å². The number of rotatable bonds is 6. The van der Waals surface area contributed by atoms with E-state index in [2.05, 4.69) is 5.16 Å². The summed E-state index contributed by atoms with van der Waals surface area (Å²) in [4.78, 5) is 27.2. The summed E-state index contributed by atoms with van der Waals surface area (Å²) >= 11 is 0. The second-order valence-electron chi connectivity index (χ2n) is 5.36. The fourth-order valence-electron chi connectivity index (χ4n) is 2.28. The van der Waals surface area contributed by atoms with Gasteiger partial charge in [-0.15, -0.1) is 0 Å². The summed E-state index contributed by atoms with van der Waals surface area (Å²) in [6.07, 6.45) is 1.71. The smallest absolute Gasteiger partial charge is 0.400 e. The Balaban J connectivity index is 1.82. The third-order valence-corrected chi connectivity index (χ3v) is 3.59. The maximum absolute atomic E-state index is 11.9. The summed E-state index contributed by atoms with van der Waals surface area (Å²) in [5.74, 6) is -0.649. The Morgan fingerprint density at radius 2 is 1.77 bits per heavy atom. The number of carbonyl (C=O) groups is 1. The fourth-order valence-corrected chi connectivity index (χ4v) is 2.28. The van der Waals surface area contributed by atoms with Gasteiger partial charge in [-0.1, -0.05) is 47.6 Å². The lowest BCUT2D eigenvalue weighted by Crippen LogP contribution is -2.09. The first-order valence-corrected chi connectivity index (χ1v) is 7.74. The van der Waals surface area contributed by atoms with E-state index in [1.807, 2.05) is 30.3 Å². The molecule has 1 aromatic heterocycles. The van der Waals surface area contributed by atoms with Crippen molar-refractivity contribution in [1.82, 2.24) is 0 Å². The van der Waals surface area contributed by atoms with Gasteiger partial charge in [-0.2, -0.15) is 0 Å². The van der Waals surface area contributed by atoms with Crippen LogP contribution in [0.1, 0.15) is 21.7 Å². The molecule has 3 aromatic rings. The quantitative estimate of drug-likeness (QED) is 0.290. The Hall–Kier alpha value is -3.74. The topological polar surface area (TPSA) is 94.9 Å². The molecule has 0 unspecified atom stereocenters. The molecule has 3 rings (SSSR count). The molecule has 7 nitrogen and oxygen atoms in total. The third-order valence-electron chi connectivity index (χ3n) is 3.59. The Morgan fingerprint density at radius 1 is 1.04 bits per heavy atom. The fraction of sp³-hybridized carbons (Fsp3) is 0.0526. The van der Waals surface area contributed by atoms with Gasteiger partial charge in [0.2, 0.25) is 5.76 Å². The molecule has 0 atom stereocenters. The molecule has 0 saturated heterocycles. The van der Waals surface area contributed by atoms with E-state index in [1.165, 1.54) is 24.5 Å². The Kier molecular flexibility index (Phi) is 5.19. The standard InChI is InChI=1S/C19H14N2O5/c22-19(18-7-4-12-25-18)26-20-17(15-5-2-1-3-6-15)13-14-8-10-16(11-9-14)21(23)24/h1-12H,13H2/b20-17+. The van der Waals surface area contributed by atoms with Gasteiger partial charge < -0.3 is 9.25 Å². The number of hydrogen-bond acceptors (Lipinski definition) is 6. The van der Waals surface area contributed by atoms with Crippen LogP contribution in [0.15, 0.2) is 82.6 Å². The number of non-ortho nitro benzene ring substituents is 1. The SMILES string of the molecule is O=C(O/N=C(\Cc1ccc([N+](=O)[O-])cc1)c1ccccc1)c1ccco1. The largest absolute Gasteiger partial charge is 0.457 e. The highest BCUT2D eigenvalue weighted by molar-refractivity contribution is 6.02. The highest BCUT2D eigenvalue weighted by Crippen LogP contribution is 2.15. The monoisotopic (exact) mass is 350 g/mol. The summed E-state index contributed by atoms with van der Waals surface area (Å²) in [5, 5.41) is 14.7. The van der Waals surface area contributed by atoms with Gasteiger partial charge in [-0.25, -0.2) is 4.79 Å². The molecule has 0 saturated carbocycles. The number of nitro groups is 1. The normalized spacial score (nSPS) is 11.2. The number of carbonyl (C=O) groups excluding carboxylic acids is 1. The maximum Gasteiger partial charge on any atom is 0.400 e. The van der Waals surface area contributed by atoms with Crippen LogP contribution in [0.4, 0.5) is 5.69 Å². The van der Waals surface area contributed by atoms with Crippen LogP contribution in [-0.2, 0) is 11.3 Å². The van der Waals surface area contributed by atoms with Crippen molar-refractivity contribution < 1.29 is 19.0 Å². The summed E-state index contributed by atoms with van der Waals surface area (Å²) in [6.45, 7) is 0. The van der Waals surface area contributed by atoms with Gasteiger partial charge in [0.25, 0.3) is 5.69 Å². The molecular weight excluding hydrogens is 336 g/mol. The second kappa shape index (κ2) is 7.89. The van der Waals surface area contributed by atoms with Crippen molar-refractivity contribution in [2.75, 3.05) is 0 Å². The molecule has 7 heteroatoms. The molecule has 0 fully saturated rings. The molecule has 0 bridgehead atoms. The van der Waals surface area contributed by atoms with E-state index >= 15 is 0 Å². The average Bonchev–Trinajstić information content (AvgIpc) is 3.21. The first-order valence-electron chi connectivity index (χ1n) is 7.74. The van der Waals surface area contributed by atoms with Crippen LogP contribution in [0.25, 0.3) is 0 Å². The Bertz CT molecular complexity index is 916. The zero-order chi connectivity index (χ0) is 18.4. The van der Waals surface area contributed by atoms with Gasteiger partial charge in [0.1, 0.15) is 0 Å². The Labute approximate surface area is 148 Å². The van der Waals surface area contributed by atoms with Crippen molar-refractivity contribution in [3.05, 3.63) is 100.0 Å². The number of nitrogens with zero attached hydrogens (tertiary/aromatic N) is 2. The molecule has 0 N–H and O–H groups in total. The molecule has 0 aliphatic rings. The minimum atomic E-state index is -0.702. The zero-order valence-corrected chi connectivity index (χ0v) is 13.6. The van der Waals surface area contributed by atoms with Crippen LogP contribution >= 0.6 is 0 Å². The number of hydrogen-bond donors (Lipinski definition) is 0. The first-order chi connectivity index (χ1) is 12.6. The summed E-state index contributed by atoms with van der Waals surface area (Å²) in [5.41, 5.74) is 2.10. The molecular formula is C19H14N2O5. The summed E-state index contributed by atoms with van der Waals surface area (Å²) in [7, 11) is 0. The lowest BCUT2D eigenvalue weighted by molar-refractivity contribution is -0.384. The van der Waals surface area contributed by atoms with Gasteiger partial charge in [-0.05, 0) is 23.3 Å². The van der Waals surface area contributed by atoms with Crippen molar-refractivity contribution in [3.63, 3.8) is 0 Å². The summed E-state index contributed by atoms with van der Waals surface area (Å²) in [6, 6.07) is 18.4. The zero-order valence-electron chi connectivity index (χ0n) is 13.6. The van der Waals surface area contributed by atoms with Crippen LogP contribution in [0, 0.1) is 10.1 Å². The third kappa shape index (κ3) is 4.21. The highest BCUT2D eigenvalue weighted by atomic mass is 16.7. The van der Waals surface area contributed by atoms with Crippen LogP contribution in [0.2, 0.25) is 0 Å². The van der Waals surface area contributed by atoms with Crippen molar-refractivity contribution in [2.45, 2.75) is 6.42 Å². The van der Waals surface area contributed by atoms with Gasteiger partial charge >= 0.3 is 5.97 Å². The van der Waals surface area contributed by atoms with E-state index in [4.69, 9.17) is 9.25 Å². The molecule has 0 aliphatic heterocycles. The van der Waals surface area contributed by atoms with Crippen LogP contribution in [0.5, 0.6) is 0 Å². The molecule has 0 radical (unpaired) electrons. The lowest BCUT2D eigenvalue weighted by Gasteiger charge is -2.06. The highest BCUT2D eigenvalue weighted by Gasteiger charge is 2.13. The van der Waals surface area contributed by atoms with Crippen LogP contribution in [-0.4, -0.2) is 16.6 Å². The molecule has 130 valence electrons. The van der Waals surface area contributed by atoms with E-state index in [9.17, 15) is 14.9 Å². The van der Waals surface area contributed by atoms with Crippen molar-refractivity contribution in [1.29, 1.82) is 0 Å². The van der Waals surface area contributed by atoms with E-state index in [-0.39, 0.29) is 11.4 Å². The van der Waals surface area contributed by atoms with E-state index < -0.39 is 10.9 Å². The van der Waals surface area contributed by atoms with E-state index in [0.29, 0.717) is 12.1 Å². The van der Waals surface area contributed by atoms with Crippen molar-refractivity contribution >= 4 is 17.4 Å². The predicted octanol–water partition coefficient (Wildman–Crippen LogP) is 3.99. The van der Waals surface area contributed by atoms with Gasteiger partial charge in [-0.3, -0.25) is 10.1 Å². The van der Waals surface area contributed by atoms with Gasteiger partial charge in [0.05, 0.1) is 16.9 Å². The summed E-state index contributed by atoms with van der Waals surface area (Å²) < 4.78 is 4.98. The minimum Gasteiger partial charge on any atom is -0.457 e.